The fourth-order valence-electron chi connectivity index (χ4n) is 4.60. The van der Waals surface area contributed by atoms with E-state index in [0.29, 0.717) is 19.8 Å². The second-order valence-electron chi connectivity index (χ2n) is 8.59. The highest BCUT2D eigenvalue weighted by atomic mass is 16.8. The molecule has 0 amide bonds. The van der Waals surface area contributed by atoms with Crippen LogP contribution in [-0.4, -0.2) is 42.4 Å². The first-order valence-corrected chi connectivity index (χ1v) is 11.5. The van der Waals surface area contributed by atoms with Gasteiger partial charge in [-0.2, -0.15) is 0 Å². The fraction of sp³-hybridized carbons (Fsp3) is 0.538. The van der Waals surface area contributed by atoms with E-state index in [2.05, 4.69) is 24.3 Å². The SMILES string of the molecule is OCCC[C@H]1O[C@]2(CCCOCc3ccccc3)C[C@@H](OCc3ccccc3)C[C@H]1O2. The van der Waals surface area contributed by atoms with E-state index in [4.69, 9.17) is 18.9 Å². The van der Waals surface area contributed by atoms with Crippen molar-refractivity contribution in [1.29, 1.82) is 0 Å². The van der Waals surface area contributed by atoms with Crippen LogP contribution >= 0.6 is 0 Å². The molecule has 0 unspecified atom stereocenters. The molecule has 2 fully saturated rings. The van der Waals surface area contributed by atoms with Gasteiger partial charge >= 0.3 is 0 Å². The Balaban J connectivity index is 1.29. The highest BCUT2D eigenvalue weighted by molar-refractivity contribution is 5.14. The second kappa shape index (κ2) is 11.2. The Morgan fingerprint density at radius 2 is 1.61 bits per heavy atom. The maximum Gasteiger partial charge on any atom is 0.171 e. The number of rotatable bonds is 12. The van der Waals surface area contributed by atoms with Crippen LogP contribution in [0.5, 0.6) is 0 Å². The van der Waals surface area contributed by atoms with Gasteiger partial charge in [0.2, 0.25) is 0 Å². The minimum atomic E-state index is -0.597. The van der Waals surface area contributed by atoms with E-state index >= 15 is 0 Å². The molecule has 2 heterocycles. The number of hydrogen-bond acceptors (Lipinski definition) is 5. The van der Waals surface area contributed by atoms with Crippen molar-refractivity contribution in [3.05, 3.63) is 71.8 Å². The van der Waals surface area contributed by atoms with Gasteiger partial charge in [0, 0.05) is 32.5 Å². The molecule has 2 aliphatic rings. The molecular formula is C26H34O5. The van der Waals surface area contributed by atoms with Crippen molar-refractivity contribution in [3.8, 4) is 0 Å². The summed E-state index contributed by atoms with van der Waals surface area (Å²) in [6.45, 7) is 2.08. The van der Waals surface area contributed by atoms with E-state index in [1.54, 1.807) is 0 Å². The molecule has 0 saturated carbocycles. The maximum absolute atomic E-state index is 9.25. The molecule has 5 nitrogen and oxygen atoms in total. The van der Waals surface area contributed by atoms with Gasteiger partial charge in [-0.25, -0.2) is 0 Å². The van der Waals surface area contributed by atoms with Gasteiger partial charge in [-0.15, -0.1) is 0 Å². The Hall–Kier alpha value is -1.76. The Labute approximate surface area is 185 Å². The van der Waals surface area contributed by atoms with Gasteiger partial charge in [-0.1, -0.05) is 60.7 Å². The number of aliphatic hydroxyl groups is 1. The van der Waals surface area contributed by atoms with Crippen molar-refractivity contribution in [1.82, 2.24) is 0 Å². The third-order valence-corrected chi connectivity index (χ3v) is 6.11. The molecule has 31 heavy (non-hydrogen) atoms. The molecule has 168 valence electrons. The number of hydrogen-bond donors (Lipinski definition) is 1. The molecular weight excluding hydrogens is 392 g/mol. The molecule has 1 N–H and O–H groups in total. The topological polar surface area (TPSA) is 57.2 Å². The monoisotopic (exact) mass is 426 g/mol. The highest BCUT2D eigenvalue weighted by Gasteiger charge is 2.52. The summed E-state index contributed by atoms with van der Waals surface area (Å²) in [4.78, 5) is 0. The van der Waals surface area contributed by atoms with E-state index < -0.39 is 5.79 Å². The molecule has 0 aliphatic carbocycles. The van der Waals surface area contributed by atoms with Gasteiger partial charge in [0.15, 0.2) is 5.79 Å². The van der Waals surface area contributed by atoms with Crippen molar-refractivity contribution in [3.63, 3.8) is 0 Å². The van der Waals surface area contributed by atoms with Crippen molar-refractivity contribution >= 4 is 0 Å². The summed E-state index contributed by atoms with van der Waals surface area (Å²) in [5.74, 6) is -0.597. The molecule has 2 saturated heterocycles. The van der Waals surface area contributed by atoms with Crippen LogP contribution in [0.2, 0.25) is 0 Å². The quantitative estimate of drug-likeness (QED) is 0.502. The summed E-state index contributed by atoms with van der Waals surface area (Å²) >= 11 is 0. The van der Waals surface area contributed by atoms with Gasteiger partial charge in [0.1, 0.15) is 0 Å². The van der Waals surface area contributed by atoms with Gasteiger partial charge in [-0.05, 0) is 30.4 Å². The highest BCUT2D eigenvalue weighted by Crippen LogP contribution is 2.45. The summed E-state index contributed by atoms with van der Waals surface area (Å²) < 4.78 is 25.0. The molecule has 5 heteroatoms. The molecule has 4 rings (SSSR count). The molecule has 0 radical (unpaired) electrons. The Morgan fingerprint density at radius 1 is 0.903 bits per heavy atom. The maximum atomic E-state index is 9.25. The summed E-state index contributed by atoms with van der Waals surface area (Å²) in [7, 11) is 0. The van der Waals surface area contributed by atoms with Gasteiger partial charge in [0.25, 0.3) is 0 Å². The van der Waals surface area contributed by atoms with Crippen molar-refractivity contribution in [2.45, 2.75) is 75.8 Å². The Kier molecular flexibility index (Phi) is 8.11. The minimum absolute atomic E-state index is 0.0303. The third kappa shape index (κ3) is 6.37. The first-order valence-electron chi connectivity index (χ1n) is 11.5. The first-order chi connectivity index (χ1) is 15.3. The van der Waals surface area contributed by atoms with E-state index in [1.165, 1.54) is 11.1 Å². The summed E-state index contributed by atoms with van der Waals surface area (Å²) in [6.07, 6.45) is 4.98. The standard InChI is InChI=1S/C26H34O5/c27-15-7-13-24-25-17-23(29-20-22-11-5-2-6-12-22)18-26(30-24,31-25)14-8-16-28-19-21-9-3-1-4-10-21/h1-6,9-12,23-25,27H,7-8,13-20H2/t23-,24+,25+,26-/m0/s1. The molecule has 2 aromatic carbocycles. The smallest absolute Gasteiger partial charge is 0.171 e. The fourth-order valence-corrected chi connectivity index (χ4v) is 4.60. The lowest BCUT2D eigenvalue weighted by atomic mass is 9.95. The second-order valence-corrected chi connectivity index (χ2v) is 8.59. The average molecular weight is 427 g/mol. The van der Waals surface area contributed by atoms with Crippen LogP contribution in [0.25, 0.3) is 0 Å². The molecule has 2 aliphatic heterocycles. The molecule has 2 aromatic rings. The van der Waals surface area contributed by atoms with E-state index in [9.17, 15) is 5.11 Å². The predicted octanol–water partition coefficient (Wildman–Crippen LogP) is 4.62. The zero-order chi connectivity index (χ0) is 21.4. The summed E-state index contributed by atoms with van der Waals surface area (Å²) in [6, 6.07) is 20.5. The number of aliphatic hydroxyl groups excluding tert-OH is 1. The van der Waals surface area contributed by atoms with Crippen LogP contribution in [0.1, 0.15) is 49.7 Å². The average Bonchev–Trinajstić information content (AvgIpc) is 3.07. The summed E-state index contributed by atoms with van der Waals surface area (Å²) in [5.41, 5.74) is 2.37. The van der Waals surface area contributed by atoms with Crippen LogP contribution in [0.3, 0.4) is 0 Å². The molecule has 0 aromatic heterocycles. The lowest BCUT2D eigenvalue weighted by molar-refractivity contribution is -0.226. The third-order valence-electron chi connectivity index (χ3n) is 6.11. The van der Waals surface area contributed by atoms with Crippen molar-refractivity contribution in [2.75, 3.05) is 13.2 Å². The van der Waals surface area contributed by atoms with Crippen LogP contribution in [0.4, 0.5) is 0 Å². The van der Waals surface area contributed by atoms with Gasteiger partial charge < -0.3 is 24.1 Å². The largest absolute Gasteiger partial charge is 0.396 e. The van der Waals surface area contributed by atoms with Crippen LogP contribution in [0.15, 0.2) is 60.7 Å². The zero-order valence-electron chi connectivity index (χ0n) is 18.2. The van der Waals surface area contributed by atoms with Crippen LogP contribution < -0.4 is 0 Å². The van der Waals surface area contributed by atoms with Crippen molar-refractivity contribution in [2.24, 2.45) is 0 Å². The normalized spacial score (nSPS) is 27.5. The number of fused-ring (bicyclic) bond motifs is 2. The Morgan fingerprint density at radius 3 is 2.32 bits per heavy atom. The first kappa shape index (κ1) is 22.4. The predicted molar refractivity (Wildman–Crippen MR) is 118 cm³/mol. The lowest BCUT2D eigenvalue weighted by Gasteiger charge is -2.36. The van der Waals surface area contributed by atoms with E-state index in [0.717, 1.165) is 38.5 Å². The van der Waals surface area contributed by atoms with Gasteiger partial charge in [0.05, 0.1) is 31.5 Å². The van der Waals surface area contributed by atoms with Gasteiger partial charge in [-0.3, -0.25) is 0 Å². The molecule has 4 atom stereocenters. The van der Waals surface area contributed by atoms with Crippen LogP contribution in [-0.2, 0) is 32.2 Å². The number of benzene rings is 2. The molecule has 2 bridgehead atoms. The van der Waals surface area contributed by atoms with E-state index in [1.807, 2.05) is 36.4 Å². The minimum Gasteiger partial charge on any atom is -0.396 e. The van der Waals surface area contributed by atoms with E-state index in [-0.39, 0.29) is 24.9 Å². The van der Waals surface area contributed by atoms with Crippen LogP contribution in [0, 0.1) is 0 Å². The number of ether oxygens (including phenoxy) is 4. The zero-order valence-corrected chi connectivity index (χ0v) is 18.2. The Bertz CT molecular complexity index is 768. The lowest BCUT2D eigenvalue weighted by Crippen LogP contribution is -2.41. The molecule has 0 spiro atoms. The summed E-state index contributed by atoms with van der Waals surface area (Å²) in [5, 5.41) is 9.25. The van der Waals surface area contributed by atoms with Crippen molar-refractivity contribution < 1.29 is 24.1 Å².